The first kappa shape index (κ1) is 24.4. The van der Waals surface area contributed by atoms with Crippen LogP contribution in [0.4, 0.5) is 10.1 Å². The number of nitrogens with zero attached hydrogens (tertiary/aromatic N) is 3. The summed E-state index contributed by atoms with van der Waals surface area (Å²) in [4.78, 5) is 17.3. The SMILES string of the molecule is N#Cc1ccc(CN2CCCN(C(=O)c3ccccc3NS(=O)(=O)c3ccc(F)cc3)CC2)cc1. The fourth-order valence-electron chi connectivity index (χ4n) is 4.02. The Kier molecular flexibility index (Phi) is 7.44. The second-order valence-electron chi connectivity index (χ2n) is 8.34. The first-order valence-electron chi connectivity index (χ1n) is 11.2. The number of anilines is 1. The molecule has 0 aliphatic carbocycles. The van der Waals surface area contributed by atoms with E-state index in [0.29, 0.717) is 25.2 Å². The van der Waals surface area contributed by atoms with Gasteiger partial charge in [0, 0.05) is 32.7 Å². The van der Waals surface area contributed by atoms with Crippen molar-refractivity contribution in [2.45, 2.75) is 17.9 Å². The van der Waals surface area contributed by atoms with E-state index in [1.165, 1.54) is 12.1 Å². The molecule has 1 amide bonds. The minimum absolute atomic E-state index is 0.0885. The summed E-state index contributed by atoms with van der Waals surface area (Å²) in [5.74, 6) is -0.781. The molecule has 1 aliphatic heterocycles. The van der Waals surface area contributed by atoms with Gasteiger partial charge in [0.1, 0.15) is 5.82 Å². The van der Waals surface area contributed by atoms with Gasteiger partial charge in [0.25, 0.3) is 15.9 Å². The minimum atomic E-state index is -3.99. The summed E-state index contributed by atoms with van der Waals surface area (Å²) in [5, 5.41) is 8.96. The predicted molar refractivity (Wildman–Crippen MR) is 131 cm³/mol. The van der Waals surface area contributed by atoms with Crippen molar-refractivity contribution in [1.82, 2.24) is 9.80 Å². The molecule has 0 atom stereocenters. The third-order valence-corrected chi connectivity index (χ3v) is 7.27. The highest BCUT2D eigenvalue weighted by Gasteiger charge is 2.24. The first-order valence-corrected chi connectivity index (χ1v) is 12.7. The van der Waals surface area contributed by atoms with Crippen LogP contribution < -0.4 is 4.72 Å². The van der Waals surface area contributed by atoms with Gasteiger partial charge in [0.2, 0.25) is 0 Å². The fourth-order valence-corrected chi connectivity index (χ4v) is 5.10. The molecule has 3 aromatic carbocycles. The quantitative estimate of drug-likeness (QED) is 0.564. The zero-order chi connectivity index (χ0) is 24.8. The molecule has 9 heteroatoms. The van der Waals surface area contributed by atoms with Crippen LogP contribution in [-0.2, 0) is 16.6 Å². The Morgan fingerprint density at radius 2 is 1.66 bits per heavy atom. The molecule has 0 bridgehead atoms. The number of nitrogens with one attached hydrogen (secondary N) is 1. The van der Waals surface area contributed by atoms with Crippen LogP contribution in [0.3, 0.4) is 0 Å². The highest BCUT2D eigenvalue weighted by molar-refractivity contribution is 7.92. The first-order chi connectivity index (χ1) is 16.9. The molecule has 1 aliphatic rings. The number of sulfonamides is 1. The summed E-state index contributed by atoms with van der Waals surface area (Å²) in [6, 6.07) is 20.6. The third kappa shape index (κ3) is 6.04. The molecule has 0 unspecified atom stereocenters. The molecule has 180 valence electrons. The molecule has 1 fully saturated rings. The number of hydrogen-bond donors (Lipinski definition) is 1. The van der Waals surface area contributed by atoms with Gasteiger partial charge in [-0.15, -0.1) is 0 Å². The lowest BCUT2D eigenvalue weighted by atomic mass is 10.1. The van der Waals surface area contributed by atoms with E-state index in [1.807, 2.05) is 12.1 Å². The number of carbonyl (C=O) groups is 1. The largest absolute Gasteiger partial charge is 0.337 e. The van der Waals surface area contributed by atoms with Crippen molar-refractivity contribution >= 4 is 21.6 Å². The van der Waals surface area contributed by atoms with E-state index in [4.69, 9.17) is 5.26 Å². The summed E-state index contributed by atoms with van der Waals surface area (Å²) in [5.41, 5.74) is 2.17. The number of amides is 1. The molecule has 3 aromatic rings. The molecule has 35 heavy (non-hydrogen) atoms. The second kappa shape index (κ2) is 10.7. The van der Waals surface area contributed by atoms with Crippen LogP contribution in [0.15, 0.2) is 77.7 Å². The van der Waals surface area contributed by atoms with Gasteiger partial charge in [-0.3, -0.25) is 14.4 Å². The Hall–Kier alpha value is -3.74. The van der Waals surface area contributed by atoms with Crippen molar-refractivity contribution in [2.24, 2.45) is 0 Å². The molecular weight excluding hydrogens is 467 g/mol. The number of nitriles is 1. The maximum Gasteiger partial charge on any atom is 0.261 e. The molecule has 1 saturated heterocycles. The van der Waals surface area contributed by atoms with Crippen molar-refractivity contribution in [3.05, 3.63) is 95.3 Å². The Morgan fingerprint density at radius 1 is 0.943 bits per heavy atom. The number of hydrogen-bond acceptors (Lipinski definition) is 5. The Labute approximate surface area is 204 Å². The topological polar surface area (TPSA) is 93.5 Å². The molecule has 0 aromatic heterocycles. The van der Waals surface area contributed by atoms with E-state index >= 15 is 0 Å². The van der Waals surface area contributed by atoms with Crippen LogP contribution in [0.2, 0.25) is 0 Å². The third-order valence-electron chi connectivity index (χ3n) is 5.89. The number of halogens is 1. The Bertz CT molecular complexity index is 1340. The van der Waals surface area contributed by atoms with Gasteiger partial charge in [0.05, 0.1) is 27.8 Å². The molecule has 0 saturated carbocycles. The van der Waals surface area contributed by atoms with Crippen molar-refractivity contribution in [3.8, 4) is 6.07 Å². The van der Waals surface area contributed by atoms with Crippen molar-refractivity contribution < 1.29 is 17.6 Å². The molecule has 1 heterocycles. The van der Waals surface area contributed by atoms with E-state index in [1.54, 1.807) is 41.3 Å². The Morgan fingerprint density at radius 3 is 2.37 bits per heavy atom. The average molecular weight is 493 g/mol. The van der Waals surface area contributed by atoms with Gasteiger partial charge in [0.15, 0.2) is 0 Å². The summed E-state index contributed by atoms with van der Waals surface area (Å²) in [6.45, 7) is 3.29. The van der Waals surface area contributed by atoms with Crippen LogP contribution in [0.25, 0.3) is 0 Å². The van der Waals surface area contributed by atoms with Gasteiger partial charge < -0.3 is 4.90 Å². The van der Waals surface area contributed by atoms with Crippen molar-refractivity contribution in [2.75, 3.05) is 30.9 Å². The zero-order valence-electron chi connectivity index (χ0n) is 19.0. The van der Waals surface area contributed by atoms with E-state index in [9.17, 15) is 17.6 Å². The summed E-state index contributed by atoms with van der Waals surface area (Å²) < 4.78 is 41.3. The summed E-state index contributed by atoms with van der Waals surface area (Å²) in [6.07, 6.45) is 0.783. The summed E-state index contributed by atoms with van der Waals surface area (Å²) in [7, 11) is -3.99. The lowest BCUT2D eigenvalue weighted by Gasteiger charge is -2.23. The summed E-state index contributed by atoms with van der Waals surface area (Å²) >= 11 is 0. The number of rotatable bonds is 6. The average Bonchev–Trinajstić information content (AvgIpc) is 3.10. The van der Waals surface area contributed by atoms with Crippen LogP contribution in [0.5, 0.6) is 0 Å². The van der Waals surface area contributed by atoms with Crippen molar-refractivity contribution in [1.29, 1.82) is 5.26 Å². The van der Waals surface area contributed by atoms with Crippen LogP contribution >= 0.6 is 0 Å². The standard InChI is InChI=1S/C26H25FN4O3S/c27-22-10-12-23(13-11-22)35(33,34)29-25-5-2-1-4-24(25)26(32)31-15-3-14-30(16-17-31)19-21-8-6-20(18-28)7-9-21/h1-2,4-13,29H,3,14-17,19H2. The lowest BCUT2D eigenvalue weighted by Crippen LogP contribution is -2.35. The molecule has 4 rings (SSSR count). The maximum atomic E-state index is 13.4. The smallest absolute Gasteiger partial charge is 0.261 e. The van der Waals surface area contributed by atoms with E-state index in [-0.39, 0.29) is 22.1 Å². The highest BCUT2D eigenvalue weighted by Crippen LogP contribution is 2.23. The highest BCUT2D eigenvalue weighted by atomic mass is 32.2. The van der Waals surface area contributed by atoms with Gasteiger partial charge in [-0.25, -0.2) is 12.8 Å². The zero-order valence-corrected chi connectivity index (χ0v) is 19.8. The van der Waals surface area contributed by atoms with E-state index in [0.717, 1.165) is 37.2 Å². The van der Waals surface area contributed by atoms with Crippen molar-refractivity contribution in [3.63, 3.8) is 0 Å². The monoisotopic (exact) mass is 492 g/mol. The fraction of sp³-hybridized carbons (Fsp3) is 0.231. The normalized spacial score (nSPS) is 14.7. The van der Waals surface area contributed by atoms with Gasteiger partial charge in [-0.1, -0.05) is 24.3 Å². The Balaban J connectivity index is 1.45. The number of carbonyl (C=O) groups excluding carboxylic acids is 1. The molecule has 0 spiro atoms. The lowest BCUT2D eigenvalue weighted by molar-refractivity contribution is 0.0762. The molecule has 7 nitrogen and oxygen atoms in total. The number of benzene rings is 3. The second-order valence-corrected chi connectivity index (χ2v) is 10.0. The maximum absolute atomic E-state index is 13.4. The molecular formula is C26H25FN4O3S. The van der Waals surface area contributed by atoms with Crippen LogP contribution in [-0.4, -0.2) is 50.3 Å². The van der Waals surface area contributed by atoms with E-state index in [2.05, 4.69) is 15.7 Å². The minimum Gasteiger partial charge on any atom is -0.337 e. The predicted octanol–water partition coefficient (Wildman–Crippen LogP) is 3.85. The van der Waals surface area contributed by atoms with E-state index < -0.39 is 15.8 Å². The van der Waals surface area contributed by atoms with Gasteiger partial charge in [-0.2, -0.15) is 5.26 Å². The molecule has 0 radical (unpaired) electrons. The van der Waals surface area contributed by atoms with Crippen LogP contribution in [0, 0.1) is 17.1 Å². The number of para-hydroxylation sites is 1. The van der Waals surface area contributed by atoms with Crippen LogP contribution in [0.1, 0.15) is 27.9 Å². The molecule has 1 N–H and O–H groups in total. The van der Waals surface area contributed by atoms with Gasteiger partial charge >= 0.3 is 0 Å². The van der Waals surface area contributed by atoms with Gasteiger partial charge in [-0.05, 0) is 60.5 Å².